The van der Waals surface area contributed by atoms with Gasteiger partial charge in [0.1, 0.15) is 0 Å². The molecule has 0 radical (unpaired) electrons. The monoisotopic (exact) mass is 364 g/mol. The number of piperidine rings is 1. The number of likely N-dealkylation sites (N-methyl/N-ethyl adjacent to an activating group) is 1. The second-order valence-electron chi connectivity index (χ2n) is 7.74. The highest BCUT2D eigenvalue weighted by Gasteiger charge is 2.48. The summed E-state index contributed by atoms with van der Waals surface area (Å²) in [5.41, 5.74) is 0.507. The largest absolute Gasteiger partial charge is 0.340 e. The molecular formula is C19H28N2O3S. The number of hydrogen-bond acceptors (Lipinski definition) is 4. The van der Waals surface area contributed by atoms with Crippen LogP contribution >= 0.6 is 0 Å². The quantitative estimate of drug-likeness (QED) is 0.821. The van der Waals surface area contributed by atoms with Gasteiger partial charge in [-0.25, -0.2) is 8.42 Å². The summed E-state index contributed by atoms with van der Waals surface area (Å²) in [5.74, 6) is 0.220. The van der Waals surface area contributed by atoms with E-state index in [1.54, 1.807) is 12.1 Å². The van der Waals surface area contributed by atoms with Crippen molar-refractivity contribution in [2.24, 2.45) is 0 Å². The lowest BCUT2D eigenvalue weighted by Gasteiger charge is -2.46. The zero-order valence-electron chi connectivity index (χ0n) is 15.4. The molecular weight excluding hydrogens is 336 g/mol. The van der Waals surface area contributed by atoms with Crippen LogP contribution < -0.4 is 0 Å². The molecule has 1 amide bonds. The van der Waals surface area contributed by atoms with Gasteiger partial charge in [-0.3, -0.25) is 4.79 Å². The number of carbonyl (C=O) groups excluding carboxylic acids is 1. The summed E-state index contributed by atoms with van der Waals surface area (Å²) >= 11 is 0. The highest BCUT2D eigenvalue weighted by atomic mass is 32.2. The summed E-state index contributed by atoms with van der Waals surface area (Å²) < 4.78 is 23.4. The van der Waals surface area contributed by atoms with Gasteiger partial charge in [0.05, 0.1) is 10.3 Å². The average Bonchev–Trinajstić information content (AvgIpc) is 2.53. The summed E-state index contributed by atoms with van der Waals surface area (Å²) in [4.78, 5) is 17.9. The summed E-state index contributed by atoms with van der Waals surface area (Å²) in [5, 5.41) is 0. The van der Waals surface area contributed by atoms with Crippen LogP contribution in [0.3, 0.4) is 0 Å². The van der Waals surface area contributed by atoms with Crippen molar-refractivity contribution in [3.8, 4) is 0 Å². The van der Waals surface area contributed by atoms with E-state index in [0.717, 1.165) is 50.8 Å². The fourth-order valence-corrected chi connectivity index (χ4v) is 4.67. The van der Waals surface area contributed by atoms with Crippen molar-refractivity contribution in [3.05, 3.63) is 29.8 Å². The molecule has 1 aromatic carbocycles. The van der Waals surface area contributed by atoms with Gasteiger partial charge < -0.3 is 9.80 Å². The molecule has 2 fully saturated rings. The van der Waals surface area contributed by atoms with Gasteiger partial charge in [-0.1, -0.05) is 18.6 Å². The number of carbonyl (C=O) groups is 1. The Labute approximate surface area is 150 Å². The molecule has 25 heavy (non-hydrogen) atoms. The van der Waals surface area contributed by atoms with Crippen molar-refractivity contribution in [3.63, 3.8) is 0 Å². The van der Waals surface area contributed by atoms with Crippen LogP contribution in [0.2, 0.25) is 0 Å². The minimum Gasteiger partial charge on any atom is -0.340 e. The molecule has 1 saturated heterocycles. The first-order valence-electron chi connectivity index (χ1n) is 9.00. The number of sulfone groups is 1. The summed E-state index contributed by atoms with van der Waals surface area (Å²) in [6.45, 7) is 1.61. The lowest BCUT2D eigenvalue weighted by Crippen LogP contribution is -2.56. The van der Waals surface area contributed by atoms with Crippen molar-refractivity contribution in [1.29, 1.82) is 0 Å². The molecule has 0 N–H and O–H groups in total. The first-order valence-corrected chi connectivity index (χ1v) is 10.9. The van der Waals surface area contributed by atoms with Gasteiger partial charge in [-0.2, -0.15) is 0 Å². The lowest BCUT2D eigenvalue weighted by atomic mass is 9.63. The molecule has 1 atom stereocenters. The summed E-state index contributed by atoms with van der Waals surface area (Å²) in [6, 6.07) is 7.36. The molecule has 6 heteroatoms. The number of benzene rings is 1. The molecule has 0 spiro atoms. The van der Waals surface area contributed by atoms with Crippen LogP contribution in [-0.4, -0.2) is 63.6 Å². The minimum atomic E-state index is -3.21. The molecule has 3 rings (SSSR count). The average molecular weight is 365 g/mol. The molecule has 1 aliphatic heterocycles. The number of hydrogen-bond donors (Lipinski definition) is 0. The molecule has 1 heterocycles. The number of rotatable bonds is 4. The zero-order chi connectivity index (χ0) is 18.2. The molecule has 1 saturated carbocycles. The van der Waals surface area contributed by atoms with Crippen LogP contribution in [0.1, 0.15) is 37.7 Å². The van der Waals surface area contributed by atoms with Crippen molar-refractivity contribution in [1.82, 2.24) is 9.80 Å². The second-order valence-corrected chi connectivity index (χ2v) is 9.76. The summed E-state index contributed by atoms with van der Waals surface area (Å²) in [6.07, 6.45) is 6.14. The fraction of sp³-hybridized carbons (Fsp3) is 0.632. The molecule has 1 aliphatic carbocycles. The van der Waals surface area contributed by atoms with Crippen LogP contribution in [0.15, 0.2) is 29.2 Å². The first kappa shape index (κ1) is 18.4. The Hall–Kier alpha value is -1.40. The Morgan fingerprint density at radius 2 is 1.80 bits per heavy atom. The Balaban J connectivity index is 1.84. The van der Waals surface area contributed by atoms with Crippen molar-refractivity contribution < 1.29 is 13.2 Å². The van der Waals surface area contributed by atoms with Gasteiger partial charge in [0.15, 0.2) is 9.84 Å². The molecule has 138 valence electrons. The SMILES string of the molecule is CN(C)[C@H]1CCCN(C(=O)C2(c3ccc(S(C)(=O)=O)cc3)CCC2)C1. The van der Waals surface area contributed by atoms with Gasteiger partial charge in [0, 0.05) is 25.4 Å². The predicted octanol–water partition coefficient (Wildman–Crippen LogP) is 2.06. The fourth-order valence-electron chi connectivity index (χ4n) is 4.04. The normalized spacial score (nSPS) is 23.4. The number of likely N-dealkylation sites (tertiary alicyclic amines) is 1. The highest BCUT2D eigenvalue weighted by molar-refractivity contribution is 7.90. The predicted molar refractivity (Wildman–Crippen MR) is 98.4 cm³/mol. The third kappa shape index (κ3) is 3.47. The Bertz CT molecular complexity index is 736. The van der Waals surface area contributed by atoms with Crippen molar-refractivity contribution >= 4 is 15.7 Å². The van der Waals surface area contributed by atoms with Crippen LogP contribution in [0.25, 0.3) is 0 Å². The number of nitrogens with zero attached hydrogens (tertiary/aromatic N) is 2. The topological polar surface area (TPSA) is 57.7 Å². The molecule has 0 aromatic heterocycles. The lowest BCUT2D eigenvalue weighted by molar-refractivity contribution is -0.143. The Morgan fingerprint density at radius 3 is 2.28 bits per heavy atom. The second kappa shape index (κ2) is 6.72. The maximum absolute atomic E-state index is 13.3. The van der Waals surface area contributed by atoms with E-state index >= 15 is 0 Å². The summed E-state index contributed by atoms with van der Waals surface area (Å²) in [7, 11) is 0.930. The van der Waals surface area contributed by atoms with Gasteiger partial charge in [-0.15, -0.1) is 0 Å². The van der Waals surface area contributed by atoms with Gasteiger partial charge in [0.25, 0.3) is 0 Å². The van der Waals surface area contributed by atoms with Gasteiger partial charge in [-0.05, 0) is 57.5 Å². The van der Waals surface area contributed by atoms with E-state index in [-0.39, 0.29) is 5.91 Å². The first-order chi connectivity index (χ1) is 11.7. The maximum Gasteiger partial charge on any atom is 0.233 e. The Morgan fingerprint density at radius 1 is 1.16 bits per heavy atom. The Kier molecular flexibility index (Phi) is 4.95. The molecule has 1 aromatic rings. The van der Waals surface area contributed by atoms with E-state index in [1.165, 1.54) is 6.26 Å². The van der Waals surface area contributed by atoms with Crippen molar-refractivity contribution in [2.75, 3.05) is 33.4 Å². The molecule has 2 aliphatic rings. The van der Waals surface area contributed by atoms with Gasteiger partial charge in [0.2, 0.25) is 5.91 Å². The maximum atomic E-state index is 13.3. The number of amides is 1. The van der Waals surface area contributed by atoms with E-state index in [1.807, 2.05) is 17.0 Å². The van der Waals surface area contributed by atoms with E-state index in [9.17, 15) is 13.2 Å². The highest BCUT2D eigenvalue weighted by Crippen LogP contribution is 2.45. The van der Waals surface area contributed by atoms with Gasteiger partial charge >= 0.3 is 0 Å². The van der Waals surface area contributed by atoms with Crippen molar-refractivity contribution in [2.45, 2.75) is 48.5 Å². The van der Waals surface area contributed by atoms with Crippen LogP contribution in [0, 0.1) is 0 Å². The third-order valence-corrected chi connectivity index (χ3v) is 6.99. The van der Waals surface area contributed by atoms with Crippen LogP contribution in [-0.2, 0) is 20.0 Å². The molecule has 0 unspecified atom stereocenters. The van der Waals surface area contributed by atoms with Crippen LogP contribution in [0.5, 0.6) is 0 Å². The molecule has 0 bridgehead atoms. The van der Waals surface area contributed by atoms with E-state index in [2.05, 4.69) is 19.0 Å². The van der Waals surface area contributed by atoms with E-state index in [0.29, 0.717) is 10.9 Å². The molecule has 5 nitrogen and oxygen atoms in total. The smallest absolute Gasteiger partial charge is 0.233 e. The van der Waals surface area contributed by atoms with E-state index < -0.39 is 15.3 Å². The van der Waals surface area contributed by atoms with Crippen LogP contribution in [0.4, 0.5) is 0 Å². The van der Waals surface area contributed by atoms with E-state index in [4.69, 9.17) is 0 Å². The zero-order valence-corrected chi connectivity index (χ0v) is 16.2. The standard InChI is InChI=1S/C19H28N2O3S/c1-20(2)16-6-4-13-21(14-16)18(22)19(11-5-12-19)15-7-9-17(10-8-15)25(3,23)24/h7-10,16H,4-6,11-14H2,1-3H3/t16-/m0/s1. The third-order valence-electron chi connectivity index (χ3n) is 5.87. The minimum absolute atomic E-state index is 0.220.